The van der Waals surface area contributed by atoms with Gasteiger partial charge in [0.15, 0.2) is 5.65 Å². The van der Waals surface area contributed by atoms with Crippen LogP contribution in [0.1, 0.15) is 6.42 Å². The van der Waals surface area contributed by atoms with Crippen LogP contribution in [0, 0.1) is 11.6 Å². The summed E-state index contributed by atoms with van der Waals surface area (Å²) >= 11 is 0. The van der Waals surface area contributed by atoms with Gasteiger partial charge in [-0.2, -0.15) is 5.10 Å². The van der Waals surface area contributed by atoms with Gasteiger partial charge in [0.05, 0.1) is 11.4 Å². The molecule has 1 N–H and O–H groups in total. The molecular formula is C26H21F2N5O3S. The van der Waals surface area contributed by atoms with Gasteiger partial charge in [0, 0.05) is 53.9 Å². The van der Waals surface area contributed by atoms with Gasteiger partial charge in [0.25, 0.3) is 0 Å². The van der Waals surface area contributed by atoms with Gasteiger partial charge < -0.3 is 5.11 Å². The number of aliphatic hydroxyl groups is 1. The van der Waals surface area contributed by atoms with Crippen molar-refractivity contribution in [3.8, 4) is 33.6 Å². The van der Waals surface area contributed by atoms with E-state index >= 15 is 0 Å². The number of benzene rings is 2. The standard InChI is InChI=1S/C26H21F2N5O3S/c1-37(35,36)26-29-12-11-21(30-26)23-22(16-3-7-18(27)8-4-16)20-15-33(13-2-14-34)32-25(20)31-24(23)17-5-9-19(28)10-6-17/h3-12,15,34H,2,13-14H2,1H3. The second-order valence-corrected chi connectivity index (χ2v) is 10.3. The molecule has 0 aliphatic heterocycles. The first-order valence-electron chi connectivity index (χ1n) is 11.3. The first kappa shape index (κ1) is 24.6. The fourth-order valence-electron chi connectivity index (χ4n) is 4.07. The lowest BCUT2D eigenvalue weighted by Gasteiger charge is -2.16. The zero-order valence-corrected chi connectivity index (χ0v) is 20.5. The lowest BCUT2D eigenvalue weighted by Crippen LogP contribution is -2.05. The van der Waals surface area contributed by atoms with Crippen LogP contribution in [0.4, 0.5) is 8.78 Å². The number of halogens is 2. The number of aliphatic hydroxyl groups excluding tert-OH is 1. The van der Waals surface area contributed by atoms with E-state index in [0.29, 0.717) is 51.9 Å². The lowest BCUT2D eigenvalue weighted by atomic mass is 9.91. The molecule has 0 fully saturated rings. The smallest absolute Gasteiger partial charge is 0.247 e. The van der Waals surface area contributed by atoms with Crippen LogP contribution in [0.2, 0.25) is 0 Å². The van der Waals surface area contributed by atoms with Gasteiger partial charge in [-0.15, -0.1) is 0 Å². The largest absolute Gasteiger partial charge is 0.396 e. The Morgan fingerprint density at radius 3 is 2.16 bits per heavy atom. The zero-order chi connectivity index (χ0) is 26.2. The third-order valence-electron chi connectivity index (χ3n) is 5.73. The Labute approximate surface area is 211 Å². The molecule has 3 aromatic heterocycles. The maximum Gasteiger partial charge on any atom is 0.247 e. The second kappa shape index (κ2) is 9.75. The Bertz CT molecular complexity index is 1700. The number of rotatable bonds is 7. The molecule has 0 unspecified atom stereocenters. The molecule has 0 saturated carbocycles. The molecule has 5 aromatic rings. The average molecular weight is 522 g/mol. The molecule has 0 aliphatic rings. The van der Waals surface area contributed by atoms with Gasteiger partial charge in [0.2, 0.25) is 15.0 Å². The Balaban J connectivity index is 1.91. The number of aryl methyl sites for hydroxylation is 1. The molecule has 0 bridgehead atoms. The van der Waals surface area contributed by atoms with Gasteiger partial charge in [-0.1, -0.05) is 12.1 Å². The molecule has 37 heavy (non-hydrogen) atoms. The number of hydrogen-bond donors (Lipinski definition) is 1. The monoisotopic (exact) mass is 521 g/mol. The summed E-state index contributed by atoms with van der Waals surface area (Å²) in [5, 5.41) is 14.1. The molecule has 2 aromatic carbocycles. The first-order chi connectivity index (χ1) is 17.7. The fraction of sp³-hybridized carbons (Fsp3) is 0.154. The zero-order valence-electron chi connectivity index (χ0n) is 19.6. The van der Waals surface area contributed by atoms with E-state index in [1.165, 1.54) is 30.5 Å². The summed E-state index contributed by atoms with van der Waals surface area (Å²) in [6.45, 7) is 0.415. The summed E-state index contributed by atoms with van der Waals surface area (Å²) in [5.41, 5.74) is 3.25. The maximum atomic E-state index is 13.9. The molecule has 5 rings (SSSR count). The normalized spacial score (nSPS) is 11.8. The highest BCUT2D eigenvalue weighted by molar-refractivity contribution is 7.90. The van der Waals surface area contributed by atoms with Crippen LogP contribution in [0.15, 0.2) is 72.1 Å². The summed E-state index contributed by atoms with van der Waals surface area (Å²) in [6, 6.07) is 13.1. The highest BCUT2D eigenvalue weighted by Crippen LogP contribution is 2.42. The molecule has 0 spiro atoms. The van der Waals surface area contributed by atoms with Crippen molar-refractivity contribution in [2.24, 2.45) is 0 Å². The Morgan fingerprint density at radius 2 is 1.54 bits per heavy atom. The lowest BCUT2D eigenvalue weighted by molar-refractivity contribution is 0.277. The van der Waals surface area contributed by atoms with Crippen LogP contribution in [0.25, 0.3) is 44.7 Å². The van der Waals surface area contributed by atoms with Crippen molar-refractivity contribution in [1.29, 1.82) is 0 Å². The van der Waals surface area contributed by atoms with Crippen molar-refractivity contribution in [2.75, 3.05) is 12.9 Å². The Kier molecular flexibility index (Phi) is 6.48. The number of fused-ring (bicyclic) bond motifs is 1. The van der Waals surface area contributed by atoms with Crippen molar-refractivity contribution < 1.29 is 22.3 Å². The minimum atomic E-state index is -3.73. The maximum absolute atomic E-state index is 13.9. The van der Waals surface area contributed by atoms with Gasteiger partial charge in [-0.05, 0) is 54.4 Å². The summed E-state index contributed by atoms with van der Waals surface area (Å²) in [4.78, 5) is 13.0. The Morgan fingerprint density at radius 1 is 0.892 bits per heavy atom. The van der Waals surface area contributed by atoms with E-state index in [1.54, 1.807) is 41.2 Å². The van der Waals surface area contributed by atoms with Gasteiger partial charge in [-0.25, -0.2) is 32.2 Å². The van der Waals surface area contributed by atoms with E-state index < -0.39 is 21.5 Å². The van der Waals surface area contributed by atoms with E-state index in [1.807, 2.05) is 0 Å². The van der Waals surface area contributed by atoms with Crippen LogP contribution in [0.5, 0.6) is 0 Å². The van der Waals surface area contributed by atoms with Crippen molar-refractivity contribution >= 4 is 20.9 Å². The summed E-state index contributed by atoms with van der Waals surface area (Å²) in [6.07, 6.45) is 4.60. The number of sulfone groups is 1. The highest BCUT2D eigenvalue weighted by atomic mass is 32.2. The van der Waals surface area contributed by atoms with Crippen LogP contribution >= 0.6 is 0 Å². The van der Waals surface area contributed by atoms with E-state index in [0.717, 1.165) is 6.26 Å². The van der Waals surface area contributed by atoms with E-state index in [9.17, 15) is 22.3 Å². The van der Waals surface area contributed by atoms with E-state index in [4.69, 9.17) is 4.98 Å². The van der Waals surface area contributed by atoms with Crippen molar-refractivity contribution in [1.82, 2.24) is 24.7 Å². The van der Waals surface area contributed by atoms with E-state index in [2.05, 4.69) is 15.1 Å². The third kappa shape index (κ3) is 4.95. The predicted octanol–water partition coefficient (Wildman–Crippen LogP) is 4.29. The average Bonchev–Trinajstić information content (AvgIpc) is 3.29. The Hall–Kier alpha value is -4.09. The number of pyridine rings is 1. The topological polar surface area (TPSA) is 111 Å². The predicted molar refractivity (Wildman–Crippen MR) is 134 cm³/mol. The van der Waals surface area contributed by atoms with Crippen LogP contribution < -0.4 is 0 Å². The van der Waals surface area contributed by atoms with Gasteiger partial charge in [0.1, 0.15) is 11.6 Å². The molecule has 0 aliphatic carbocycles. The number of hydrogen-bond acceptors (Lipinski definition) is 7. The minimum Gasteiger partial charge on any atom is -0.396 e. The molecular weight excluding hydrogens is 500 g/mol. The van der Waals surface area contributed by atoms with Gasteiger partial charge >= 0.3 is 0 Å². The van der Waals surface area contributed by atoms with Crippen LogP contribution in [0.3, 0.4) is 0 Å². The molecule has 0 radical (unpaired) electrons. The van der Waals surface area contributed by atoms with Crippen molar-refractivity contribution in [2.45, 2.75) is 18.1 Å². The molecule has 3 heterocycles. The van der Waals surface area contributed by atoms with E-state index in [-0.39, 0.29) is 17.5 Å². The second-order valence-electron chi connectivity index (χ2n) is 8.43. The van der Waals surface area contributed by atoms with Crippen molar-refractivity contribution in [3.63, 3.8) is 0 Å². The minimum absolute atomic E-state index is 0.0181. The summed E-state index contributed by atoms with van der Waals surface area (Å²) < 4.78 is 53.8. The van der Waals surface area contributed by atoms with Gasteiger partial charge in [-0.3, -0.25) is 4.68 Å². The third-order valence-corrected chi connectivity index (χ3v) is 6.59. The van der Waals surface area contributed by atoms with Crippen molar-refractivity contribution in [3.05, 3.63) is 78.6 Å². The highest BCUT2D eigenvalue weighted by Gasteiger charge is 2.24. The number of nitrogens with zero attached hydrogens (tertiary/aromatic N) is 5. The molecule has 0 saturated heterocycles. The molecule has 0 atom stereocenters. The summed E-state index contributed by atoms with van der Waals surface area (Å²) in [5.74, 6) is -0.853. The quantitative estimate of drug-likeness (QED) is 0.318. The SMILES string of the molecule is CS(=O)(=O)c1nccc(-c2c(-c3ccc(F)cc3)nc3nn(CCCO)cc3c2-c2ccc(F)cc2)n1. The molecule has 0 amide bonds. The molecule has 11 heteroatoms. The molecule has 8 nitrogen and oxygen atoms in total. The molecule has 188 valence electrons. The van der Waals surface area contributed by atoms with Crippen LogP contribution in [-0.4, -0.2) is 51.1 Å². The fourth-order valence-corrected chi connectivity index (χ4v) is 4.59. The van der Waals surface area contributed by atoms with Crippen LogP contribution in [-0.2, 0) is 16.4 Å². The summed E-state index contributed by atoms with van der Waals surface area (Å²) in [7, 11) is -3.73. The first-order valence-corrected chi connectivity index (χ1v) is 13.2. The number of aromatic nitrogens is 5.